The van der Waals surface area contributed by atoms with Crippen molar-refractivity contribution in [1.82, 2.24) is 9.97 Å². The minimum Gasteiger partial charge on any atom is -0.478 e. The average Bonchev–Trinajstić information content (AvgIpc) is 2.72. The summed E-state index contributed by atoms with van der Waals surface area (Å²) in [6.07, 6.45) is -4.77. The molecule has 170 valence electrons. The number of benzene rings is 2. The van der Waals surface area contributed by atoms with Gasteiger partial charge in [-0.2, -0.15) is 13.2 Å². The number of ether oxygens (including phenoxy) is 1. The molecule has 0 aliphatic heterocycles. The van der Waals surface area contributed by atoms with E-state index in [-0.39, 0.29) is 12.3 Å². The van der Waals surface area contributed by atoms with Crippen molar-refractivity contribution in [2.45, 2.75) is 12.3 Å². The smallest absolute Gasteiger partial charge is 0.478 e. The number of hydrogen-bond acceptors (Lipinski definition) is 6. The SMILES string of the molecule is O=C(O)C(CNc1cnc2cc(Cl)ccc2n1)Oc1ccc(F)cc1.O=C(O)C(F)(F)F. The Balaban J connectivity index is 0.000000451. The fourth-order valence-corrected chi connectivity index (χ4v) is 2.29. The summed E-state index contributed by atoms with van der Waals surface area (Å²) in [5, 5.41) is 19.8. The van der Waals surface area contributed by atoms with Gasteiger partial charge in [-0.25, -0.2) is 19.0 Å². The molecule has 0 spiro atoms. The van der Waals surface area contributed by atoms with Gasteiger partial charge in [0.15, 0.2) is 0 Å². The maximum absolute atomic E-state index is 12.9. The Morgan fingerprint density at radius 2 is 1.72 bits per heavy atom. The quantitative estimate of drug-likeness (QED) is 0.457. The van der Waals surface area contributed by atoms with Crippen molar-refractivity contribution in [2.24, 2.45) is 0 Å². The lowest BCUT2D eigenvalue weighted by atomic mass is 10.3. The summed E-state index contributed by atoms with van der Waals surface area (Å²) in [6, 6.07) is 10.2. The summed E-state index contributed by atoms with van der Waals surface area (Å²) in [4.78, 5) is 28.8. The first-order valence-corrected chi connectivity index (χ1v) is 8.95. The number of aromatic nitrogens is 2. The zero-order valence-electron chi connectivity index (χ0n) is 15.8. The molecule has 0 radical (unpaired) electrons. The summed E-state index contributed by atoms with van der Waals surface area (Å²) in [5.74, 6) is -3.67. The minimum absolute atomic E-state index is 0.0412. The van der Waals surface area contributed by atoms with Gasteiger partial charge in [-0.05, 0) is 42.5 Å². The van der Waals surface area contributed by atoms with Crippen LogP contribution in [0.4, 0.5) is 23.4 Å². The van der Waals surface area contributed by atoms with Crippen LogP contribution in [0.15, 0.2) is 48.7 Å². The van der Waals surface area contributed by atoms with Crippen LogP contribution >= 0.6 is 11.6 Å². The van der Waals surface area contributed by atoms with Gasteiger partial charge in [0.2, 0.25) is 6.10 Å². The zero-order chi connectivity index (χ0) is 23.9. The van der Waals surface area contributed by atoms with Crippen LogP contribution in [0.25, 0.3) is 11.0 Å². The molecule has 32 heavy (non-hydrogen) atoms. The Bertz CT molecular complexity index is 1100. The maximum Gasteiger partial charge on any atom is 0.490 e. The average molecular weight is 476 g/mol. The molecule has 3 rings (SSSR count). The van der Waals surface area contributed by atoms with Gasteiger partial charge in [0, 0.05) is 5.02 Å². The Hall–Kier alpha value is -3.67. The van der Waals surface area contributed by atoms with Gasteiger partial charge in [-0.15, -0.1) is 0 Å². The van der Waals surface area contributed by atoms with E-state index in [0.717, 1.165) is 0 Å². The summed E-state index contributed by atoms with van der Waals surface area (Å²) in [7, 11) is 0. The number of carboxylic acid groups (broad SMARTS) is 2. The molecule has 13 heteroatoms. The number of nitrogens with one attached hydrogen (secondary N) is 1. The molecule has 0 aliphatic rings. The predicted molar refractivity (Wildman–Crippen MR) is 105 cm³/mol. The molecule has 0 saturated heterocycles. The zero-order valence-corrected chi connectivity index (χ0v) is 16.6. The van der Waals surface area contributed by atoms with Gasteiger partial charge in [0.25, 0.3) is 0 Å². The topological polar surface area (TPSA) is 122 Å². The van der Waals surface area contributed by atoms with E-state index in [4.69, 9.17) is 26.2 Å². The highest BCUT2D eigenvalue weighted by atomic mass is 35.5. The highest BCUT2D eigenvalue weighted by molar-refractivity contribution is 6.31. The second kappa shape index (κ2) is 10.6. The number of alkyl halides is 3. The van der Waals surface area contributed by atoms with Crippen molar-refractivity contribution >= 4 is 40.4 Å². The van der Waals surface area contributed by atoms with E-state index in [1.165, 1.54) is 30.5 Å². The van der Waals surface area contributed by atoms with E-state index in [2.05, 4.69) is 15.3 Å². The largest absolute Gasteiger partial charge is 0.490 e. The molecule has 0 fully saturated rings. The molecule has 1 atom stereocenters. The molecule has 1 aromatic heterocycles. The molecule has 3 aromatic rings. The molecular weight excluding hydrogens is 462 g/mol. The predicted octanol–water partition coefficient (Wildman–Crippen LogP) is 4.00. The standard InChI is InChI=1S/C17H13ClFN3O3.C2HF3O2/c18-10-1-6-13-14(7-10)20-9-16(22-13)21-8-15(17(23)24)25-12-4-2-11(19)3-5-12;3-2(4,5)1(6)7/h1-7,9,15H,8H2,(H,21,22)(H,23,24);(H,6,7). The van der Waals surface area contributed by atoms with Crippen molar-refractivity contribution in [3.05, 3.63) is 59.5 Å². The number of carboxylic acids is 2. The minimum atomic E-state index is -5.08. The molecule has 3 N–H and O–H groups in total. The van der Waals surface area contributed by atoms with Crippen LogP contribution in [0.1, 0.15) is 0 Å². The third-order valence-electron chi connectivity index (χ3n) is 3.58. The maximum atomic E-state index is 12.9. The first-order valence-electron chi connectivity index (χ1n) is 8.57. The van der Waals surface area contributed by atoms with E-state index in [9.17, 15) is 27.5 Å². The van der Waals surface area contributed by atoms with Crippen LogP contribution in [-0.4, -0.2) is 50.9 Å². The number of halogens is 5. The molecule has 8 nitrogen and oxygen atoms in total. The molecule has 1 unspecified atom stereocenters. The lowest BCUT2D eigenvalue weighted by molar-refractivity contribution is -0.192. The number of rotatable bonds is 6. The highest BCUT2D eigenvalue weighted by Crippen LogP contribution is 2.18. The molecule has 0 aliphatic carbocycles. The number of hydrogen-bond donors (Lipinski definition) is 3. The first kappa shape index (κ1) is 24.6. The fraction of sp³-hybridized carbons (Fsp3) is 0.158. The Labute approximate surface area is 182 Å². The van der Waals surface area contributed by atoms with Crippen molar-refractivity contribution in [3.63, 3.8) is 0 Å². The molecule has 0 saturated carbocycles. The van der Waals surface area contributed by atoms with E-state index in [0.29, 0.717) is 21.9 Å². The molecular formula is C19H14ClF4N3O5. The van der Waals surface area contributed by atoms with Crippen LogP contribution < -0.4 is 10.1 Å². The van der Waals surface area contributed by atoms with Gasteiger partial charge in [-0.1, -0.05) is 11.6 Å². The van der Waals surface area contributed by atoms with Gasteiger partial charge in [0.1, 0.15) is 17.4 Å². The van der Waals surface area contributed by atoms with Crippen molar-refractivity contribution in [3.8, 4) is 5.75 Å². The number of nitrogens with zero attached hydrogens (tertiary/aromatic N) is 2. The second-order valence-electron chi connectivity index (χ2n) is 5.97. The van der Waals surface area contributed by atoms with Crippen LogP contribution in [0.2, 0.25) is 5.02 Å². The molecule has 0 bridgehead atoms. The number of carbonyl (C=O) groups is 2. The third kappa shape index (κ3) is 7.54. The van der Waals surface area contributed by atoms with Crippen LogP contribution in [-0.2, 0) is 9.59 Å². The van der Waals surface area contributed by atoms with Crippen LogP contribution in [0.3, 0.4) is 0 Å². The summed E-state index contributed by atoms with van der Waals surface area (Å²) >= 11 is 5.89. The summed E-state index contributed by atoms with van der Waals surface area (Å²) in [6.45, 7) is -0.0412. The Kier molecular flexibility index (Phi) is 8.13. The van der Waals surface area contributed by atoms with E-state index in [1.54, 1.807) is 18.2 Å². The van der Waals surface area contributed by atoms with Gasteiger partial charge in [0.05, 0.1) is 23.8 Å². The van der Waals surface area contributed by atoms with Crippen molar-refractivity contribution < 1.29 is 42.1 Å². The van der Waals surface area contributed by atoms with E-state index >= 15 is 0 Å². The molecule has 1 heterocycles. The number of fused-ring (bicyclic) bond motifs is 1. The lowest BCUT2D eigenvalue weighted by Gasteiger charge is -2.16. The second-order valence-corrected chi connectivity index (χ2v) is 6.41. The van der Waals surface area contributed by atoms with Gasteiger partial charge >= 0.3 is 18.1 Å². The first-order chi connectivity index (χ1) is 15.0. The van der Waals surface area contributed by atoms with Crippen LogP contribution in [0.5, 0.6) is 5.75 Å². The number of anilines is 1. The summed E-state index contributed by atoms with van der Waals surface area (Å²) < 4.78 is 50.0. The monoisotopic (exact) mass is 475 g/mol. The van der Waals surface area contributed by atoms with E-state index < -0.39 is 30.0 Å². The lowest BCUT2D eigenvalue weighted by Crippen LogP contribution is -2.34. The highest BCUT2D eigenvalue weighted by Gasteiger charge is 2.38. The summed E-state index contributed by atoms with van der Waals surface area (Å²) in [5.41, 5.74) is 1.26. The normalized spacial score (nSPS) is 11.8. The molecule has 0 amide bonds. The van der Waals surface area contributed by atoms with Crippen molar-refractivity contribution in [1.29, 1.82) is 0 Å². The Morgan fingerprint density at radius 1 is 1.09 bits per heavy atom. The third-order valence-corrected chi connectivity index (χ3v) is 3.82. The van der Waals surface area contributed by atoms with E-state index in [1.807, 2.05) is 0 Å². The fourth-order valence-electron chi connectivity index (χ4n) is 2.12. The molecule has 2 aromatic carbocycles. The number of aliphatic carboxylic acids is 2. The van der Waals surface area contributed by atoms with Gasteiger partial charge in [-0.3, -0.25) is 4.98 Å². The van der Waals surface area contributed by atoms with Crippen molar-refractivity contribution in [2.75, 3.05) is 11.9 Å². The Morgan fingerprint density at radius 3 is 2.28 bits per heavy atom. The van der Waals surface area contributed by atoms with Crippen LogP contribution in [0, 0.1) is 5.82 Å². The van der Waals surface area contributed by atoms with Gasteiger partial charge < -0.3 is 20.3 Å².